The highest BCUT2D eigenvalue weighted by atomic mass is 19.1. The molecule has 0 saturated heterocycles. The molecule has 4 nitrogen and oxygen atoms in total. The lowest BCUT2D eigenvalue weighted by Crippen LogP contribution is -2.07. The molecule has 0 saturated carbocycles. The summed E-state index contributed by atoms with van der Waals surface area (Å²) in [5.74, 6) is 0.384. The predicted octanol–water partition coefficient (Wildman–Crippen LogP) is 2.52. The average Bonchev–Trinajstić information content (AvgIpc) is 2.83. The highest BCUT2D eigenvalue weighted by Crippen LogP contribution is 2.08. The fourth-order valence-corrected chi connectivity index (χ4v) is 1.92. The molecule has 0 amide bonds. The number of pyridine rings is 1. The molecule has 0 fully saturated rings. The van der Waals surface area contributed by atoms with E-state index in [2.05, 4.69) is 15.4 Å². The van der Waals surface area contributed by atoms with E-state index in [1.807, 2.05) is 30.5 Å². The van der Waals surface area contributed by atoms with Crippen LogP contribution < -0.4 is 5.32 Å². The van der Waals surface area contributed by atoms with Crippen LogP contribution in [0.3, 0.4) is 0 Å². The number of fused-ring (bicyclic) bond motifs is 1. The van der Waals surface area contributed by atoms with Gasteiger partial charge in [-0.3, -0.25) is 0 Å². The Bertz CT molecular complexity index is 659. The molecule has 2 heterocycles. The third kappa shape index (κ3) is 2.54. The van der Waals surface area contributed by atoms with Gasteiger partial charge < -0.3 is 5.32 Å². The molecule has 0 aliphatic heterocycles. The van der Waals surface area contributed by atoms with Crippen LogP contribution in [0.2, 0.25) is 0 Å². The smallest absolute Gasteiger partial charge is 0.243 e. The minimum atomic E-state index is -0.174. The summed E-state index contributed by atoms with van der Waals surface area (Å²) in [6, 6.07) is 12.5. The molecule has 0 aliphatic carbocycles. The van der Waals surface area contributed by atoms with Crippen LogP contribution in [0.1, 0.15) is 5.56 Å². The van der Waals surface area contributed by atoms with Crippen LogP contribution in [0, 0.1) is 5.82 Å². The van der Waals surface area contributed by atoms with E-state index in [-0.39, 0.29) is 5.82 Å². The number of aromatic nitrogens is 3. The topological polar surface area (TPSA) is 42.2 Å². The first-order valence-electron chi connectivity index (χ1n) is 6.11. The van der Waals surface area contributed by atoms with Crippen molar-refractivity contribution in [3.63, 3.8) is 0 Å². The summed E-state index contributed by atoms with van der Waals surface area (Å²) >= 11 is 0. The van der Waals surface area contributed by atoms with Crippen molar-refractivity contribution in [2.24, 2.45) is 0 Å². The van der Waals surface area contributed by atoms with Crippen molar-refractivity contribution in [3.8, 4) is 0 Å². The molecule has 1 aromatic carbocycles. The molecular formula is C14H13FN4. The quantitative estimate of drug-likeness (QED) is 0.780. The number of halogens is 1. The molecular weight excluding hydrogens is 243 g/mol. The van der Waals surface area contributed by atoms with Gasteiger partial charge in [0.2, 0.25) is 5.95 Å². The third-order valence-corrected chi connectivity index (χ3v) is 2.88. The number of nitrogens with one attached hydrogen (secondary N) is 1. The van der Waals surface area contributed by atoms with E-state index < -0.39 is 0 Å². The van der Waals surface area contributed by atoms with Crippen molar-refractivity contribution in [2.45, 2.75) is 6.42 Å². The fourth-order valence-electron chi connectivity index (χ4n) is 1.92. The Morgan fingerprint density at radius 2 is 1.95 bits per heavy atom. The molecule has 0 aliphatic rings. The van der Waals surface area contributed by atoms with Crippen LogP contribution >= 0.6 is 0 Å². The van der Waals surface area contributed by atoms with Gasteiger partial charge >= 0.3 is 0 Å². The number of hydrogen-bond donors (Lipinski definition) is 1. The van der Waals surface area contributed by atoms with Crippen LogP contribution in [0.15, 0.2) is 48.7 Å². The Kier molecular flexibility index (Phi) is 3.10. The summed E-state index contributed by atoms with van der Waals surface area (Å²) in [4.78, 5) is 4.31. The third-order valence-electron chi connectivity index (χ3n) is 2.88. The lowest BCUT2D eigenvalue weighted by Gasteiger charge is -2.03. The zero-order chi connectivity index (χ0) is 13.1. The van der Waals surface area contributed by atoms with E-state index in [4.69, 9.17) is 0 Å². The first-order chi connectivity index (χ1) is 9.33. The molecule has 2 aromatic heterocycles. The summed E-state index contributed by atoms with van der Waals surface area (Å²) in [6.07, 6.45) is 2.44. The van der Waals surface area contributed by atoms with Crippen LogP contribution in [-0.2, 0) is 6.42 Å². The van der Waals surface area contributed by atoms with Crippen molar-refractivity contribution in [1.29, 1.82) is 0 Å². The Morgan fingerprint density at radius 1 is 1.11 bits per heavy atom. The van der Waals surface area contributed by atoms with E-state index in [9.17, 15) is 4.39 Å². The van der Waals surface area contributed by atoms with Crippen LogP contribution in [0.5, 0.6) is 0 Å². The summed E-state index contributed by atoms with van der Waals surface area (Å²) in [5, 5.41) is 7.37. The van der Waals surface area contributed by atoms with Crippen molar-refractivity contribution in [3.05, 3.63) is 60.0 Å². The second kappa shape index (κ2) is 5.06. The molecule has 1 N–H and O–H groups in total. The number of anilines is 1. The maximum atomic E-state index is 13.4. The van der Waals surface area contributed by atoms with E-state index in [1.165, 1.54) is 6.07 Å². The van der Waals surface area contributed by atoms with Gasteiger partial charge in [-0.25, -0.2) is 8.91 Å². The zero-order valence-corrected chi connectivity index (χ0v) is 10.3. The van der Waals surface area contributed by atoms with Gasteiger partial charge in [0.1, 0.15) is 5.82 Å². The Balaban J connectivity index is 1.65. The van der Waals surface area contributed by atoms with Gasteiger partial charge in [0.05, 0.1) is 0 Å². The van der Waals surface area contributed by atoms with E-state index in [1.54, 1.807) is 16.6 Å². The molecule has 0 radical (unpaired) electrons. The highest BCUT2D eigenvalue weighted by molar-refractivity contribution is 5.42. The molecule has 0 spiro atoms. The van der Waals surface area contributed by atoms with Gasteiger partial charge in [-0.2, -0.15) is 4.98 Å². The van der Waals surface area contributed by atoms with Gasteiger partial charge in [0.25, 0.3) is 0 Å². The average molecular weight is 256 g/mol. The molecule has 0 unspecified atom stereocenters. The molecule has 5 heteroatoms. The summed E-state index contributed by atoms with van der Waals surface area (Å²) in [5.41, 5.74) is 1.48. The first kappa shape index (κ1) is 11.6. The van der Waals surface area contributed by atoms with Gasteiger partial charge in [0.15, 0.2) is 5.65 Å². The highest BCUT2D eigenvalue weighted by Gasteiger charge is 2.03. The van der Waals surface area contributed by atoms with E-state index in [0.717, 1.165) is 5.65 Å². The van der Waals surface area contributed by atoms with Crippen LogP contribution in [0.25, 0.3) is 5.65 Å². The van der Waals surface area contributed by atoms with Crippen molar-refractivity contribution in [1.82, 2.24) is 14.6 Å². The Morgan fingerprint density at radius 3 is 2.79 bits per heavy atom. The number of nitrogens with zero attached hydrogens (tertiary/aromatic N) is 3. The Hall–Kier alpha value is -2.43. The summed E-state index contributed by atoms with van der Waals surface area (Å²) < 4.78 is 15.1. The zero-order valence-electron chi connectivity index (χ0n) is 10.3. The SMILES string of the molecule is Fc1ccccc1CCNc1nc2ccccn2n1. The monoisotopic (exact) mass is 256 g/mol. The standard InChI is InChI=1S/C14H13FN4/c15-12-6-2-1-5-11(12)8-9-16-14-17-13-7-3-4-10-19(13)18-14/h1-7,10H,8-9H2,(H,16,18). The minimum absolute atomic E-state index is 0.174. The van der Waals surface area contributed by atoms with Gasteiger partial charge in [-0.05, 0) is 30.2 Å². The molecule has 96 valence electrons. The maximum absolute atomic E-state index is 13.4. The lowest BCUT2D eigenvalue weighted by atomic mass is 10.1. The van der Waals surface area contributed by atoms with E-state index in [0.29, 0.717) is 24.5 Å². The normalized spacial score (nSPS) is 10.8. The predicted molar refractivity (Wildman–Crippen MR) is 71.6 cm³/mol. The maximum Gasteiger partial charge on any atom is 0.243 e. The first-order valence-corrected chi connectivity index (χ1v) is 6.11. The van der Waals surface area contributed by atoms with Crippen LogP contribution in [0.4, 0.5) is 10.3 Å². The van der Waals surface area contributed by atoms with Crippen LogP contribution in [-0.4, -0.2) is 21.1 Å². The second-order valence-corrected chi connectivity index (χ2v) is 4.21. The van der Waals surface area contributed by atoms with Crippen molar-refractivity contribution in [2.75, 3.05) is 11.9 Å². The van der Waals surface area contributed by atoms with Gasteiger partial charge in [-0.15, -0.1) is 5.10 Å². The summed E-state index contributed by atoms with van der Waals surface area (Å²) in [6.45, 7) is 0.595. The molecule has 3 aromatic rings. The number of hydrogen-bond acceptors (Lipinski definition) is 3. The number of benzene rings is 1. The summed E-state index contributed by atoms with van der Waals surface area (Å²) in [7, 11) is 0. The van der Waals surface area contributed by atoms with Crippen molar-refractivity contribution < 1.29 is 4.39 Å². The Labute approximate surface area is 109 Å². The minimum Gasteiger partial charge on any atom is -0.353 e. The molecule has 3 rings (SSSR count). The largest absolute Gasteiger partial charge is 0.353 e. The van der Waals surface area contributed by atoms with Gasteiger partial charge in [-0.1, -0.05) is 24.3 Å². The van der Waals surface area contributed by atoms with Crippen molar-refractivity contribution >= 4 is 11.6 Å². The molecule has 0 bridgehead atoms. The fraction of sp³-hybridized carbons (Fsp3) is 0.143. The number of rotatable bonds is 4. The second-order valence-electron chi connectivity index (χ2n) is 4.21. The lowest BCUT2D eigenvalue weighted by molar-refractivity contribution is 0.610. The van der Waals surface area contributed by atoms with E-state index >= 15 is 0 Å². The molecule has 19 heavy (non-hydrogen) atoms. The van der Waals surface area contributed by atoms with Gasteiger partial charge in [0, 0.05) is 12.7 Å². The molecule has 0 atom stereocenters.